The molecule has 0 bridgehead atoms. The van der Waals surface area contributed by atoms with Crippen LogP contribution in [-0.2, 0) is 4.79 Å². The highest BCUT2D eigenvalue weighted by molar-refractivity contribution is 5.93. The Balaban J connectivity index is 2.86. The van der Waals surface area contributed by atoms with Crippen molar-refractivity contribution in [3.8, 4) is 6.07 Å². The van der Waals surface area contributed by atoms with Gasteiger partial charge in [0.1, 0.15) is 6.07 Å². The number of aryl methyl sites for hydroxylation is 1. The van der Waals surface area contributed by atoms with Crippen molar-refractivity contribution in [2.24, 2.45) is 0 Å². The van der Waals surface area contributed by atoms with E-state index < -0.39 is 0 Å². The quantitative estimate of drug-likeness (QED) is 0.831. The number of anilines is 1. The Bertz CT molecular complexity index is 432. The average Bonchev–Trinajstić information content (AvgIpc) is 2.16. The molecule has 16 heavy (non-hydrogen) atoms. The standard InChI is InChI=1S/C12H15N3O/c1-9-5-4-6-11(10(9)7-13)14-12(16)8-15(2)3/h4-6H,8H2,1-3H3,(H,14,16). The largest absolute Gasteiger partial charge is 0.324 e. The van der Waals surface area contributed by atoms with Gasteiger partial charge in [0.25, 0.3) is 0 Å². The van der Waals surface area contributed by atoms with E-state index >= 15 is 0 Å². The lowest BCUT2D eigenvalue weighted by Crippen LogP contribution is -2.27. The Morgan fingerprint density at radius 2 is 2.19 bits per heavy atom. The fourth-order valence-electron chi connectivity index (χ4n) is 1.40. The van der Waals surface area contributed by atoms with Crippen LogP contribution in [0.4, 0.5) is 5.69 Å². The molecule has 0 spiro atoms. The van der Waals surface area contributed by atoms with Crippen molar-refractivity contribution in [3.05, 3.63) is 29.3 Å². The van der Waals surface area contributed by atoms with E-state index in [1.54, 1.807) is 11.0 Å². The molecule has 0 fully saturated rings. The molecule has 0 unspecified atom stereocenters. The number of hydrogen-bond donors (Lipinski definition) is 1. The number of carbonyl (C=O) groups is 1. The second-order valence-electron chi connectivity index (χ2n) is 3.90. The third-order valence-corrected chi connectivity index (χ3v) is 2.12. The molecule has 0 aliphatic rings. The maximum atomic E-state index is 11.5. The van der Waals surface area contributed by atoms with Crippen LogP contribution in [0.2, 0.25) is 0 Å². The first-order valence-electron chi connectivity index (χ1n) is 4.99. The first-order valence-corrected chi connectivity index (χ1v) is 4.99. The molecule has 4 nitrogen and oxygen atoms in total. The summed E-state index contributed by atoms with van der Waals surface area (Å²) in [7, 11) is 3.64. The Kier molecular flexibility index (Phi) is 4.03. The van der Waals surface area contributed by atoms with Crippen LogP contribution in [0.3, 0.4) is 0 Å². The highest BCUT2D eigenvalue weighted by atomic mass is 16.2. The fourth-order valence-corrected chi connectivity index (χ4v) is 1.40. The second kappa shape index (κ2) is 5.29. The third-order valence-electron chi connectivity index (χ3n) is 2.12. The smallest absolute Gasteiger partial charge is 0.238 e. The van der Waals surface area contributed by atoms with E-state index in [0.29, 0.717) is 17.8 Å². The summed E-state index contributed by atoms with van der Waals surface area (Å²) in [6.07, 6.45) is 0. The summed E-state index contributed by atoms with van der Waals surface area (Å²) in [4.78, 5) is 13.3. The maximum absolute atomic E-state index is 11.5. The number of benzene rings is 1. The molecule has 0 aliphatic heterocycles. The maximum Gasteiger partial charge on any atom is 0.238 e. The van der Waals surface area contributed by atoms with Gasteiger partial charge in [-0.3, -0.25) is 4.79 Å². The van der Waals surface area contributed by atoms with Gasteiger partial charge in [0.2, 0.25) is 5.91 Å². The molecule has 0 heterocycles. The molecule has 84 valence electrons. The predicted octanol–water partition coefficient (Wildman–Crippen LogP) is 1.37. The van der Waals surface area contributed by atoms with Gasteiger partial charge in [-0.1, -0.05) is 12.1 Å². The Morgan fingerprint density at radius 1 is 1.50 bits per heavy atom. The molecular formula is C12H15N3O. The third kappa shape index (κ3) is 3.07. The molecule has 0 atom stereocenters. The molecule has 0 radical (unpaired) electrons. The minimum atomic E-state index is -0.118. The van der Waals surface area contributed by atoms with E-state index in [9.17, 15) is 4.79 Å². The molecule has 4 heteroatoms. The van der Waals surface area contributed by atoms with Gasteiger partial charge in [0.05, 0.1) is 17.8 Å². The molecule has 0 aromatic heterocycles. The first-order chi connectivity index (χ1) is 7.54. The van der Waals surface area contributed by atoms with Gasteiger partial charge >= 0.3 is 0 Å². The lowest BCUT2D eigenvalue weighted by molar-refractivity contribution is -0.116. The van der Waals surface area contributed by atoms with Crippen LogP contribution in [0, 0.1) is 18.3 Å². The van der Waals surface area contributed by atoms with Gasteiger partial charge in [-0.25, -0.2) is 0 Å². The van der Waals surface area contributed by atoms with Crippen molar-refractivity contribution >= 4 is 11.6 Å². The van der Waals surface area contributed by atoms with Crippen LogP contribution in [0.15, 0.2) is 18.2 Å². The van der Waals surface area contributed by atoms with Crippen LogP contribution >= 0.6 is 0 Å². The summed E-state index contributed by atoms with van der Waals surface area (Å²) in [5, 5.41) is 11.7. The Labute approximate surface area is 95.5 Å². The van der Waals surface area contributed by atoms with Crippen LogP contribution in [0.5, 0.6) is 0 Å². The summed E-state index contributed by atoms with van der Waals surface area (Å²) < 4.78 is 0. The zero-order valence-corrected chi connectivity index (χ0v) is 9.74. The monoisotopic (exact) mass is 217 g/mol. The zero-order chi connectivity index (χ0) is 12.1. The van der Waals surface area contributed by atoms with Crippen molar-refractivity contribution < 1.29 is 4.79 Å². The van der Waals surface area contributed by atoms with Gasteiger partial charge in [0, 0.05) is 0 Å². The average molecular weight is 217 g/mol. The van der Waals surface area contributed by atoms with Crippen molar-refractivity contribution in [2.75, 3.05) is 26.0 Å². The van der Waals surface area contributed by atoms with Gasteiger partial charge in [0.15, 0.2) is 0 Å². The van der Waals surface area contributed by atoms with Crippen LogP contribution in [0.1, 0.15) is 11.1 Å². The van der Waals surface area contributed by atoms with Crippen molar-refractivity contribution in [3.63, 3.8) is 0 Å². The summed E-state index contributed by atoms with van der Waals surface area (Å²) in [5.74, 6) is -0.118. The molecule has 0 saturated heterocycles. The number of nitrogens with zero attached hydrogens (tertiary/aromatic N) is 2. The summed E-state index contributed by atoms with van der Waals surface area (Å²) in [6.45, 7) is 2.15. The fraction of sp³-hybridized carbons (Fsp3) is 0.333. The van der Waals surface area contributed by atoms with Crippen LogP contribution in [-0.4, -0.2) is 31.4 Å². The molecular weight excluding hydrogens is 202 g/mol. The van der Waals surface area contributed by atoms with E-state index in [4.69, 9.17) is 5.26 Å². The van der Waals surface area contributed by atoms with Crippen molar-refractivity contribution in [1.29, 1.82) is 5.26 Å². The lowest BCUT2D eigenvalue weighted by atomic mass is 10.1. The predicted molar refractivity (Wildman–Crippen MR) is 63.1 cm³/mol. The van der Waals surface area contributed by atoms with Crippen LogP contribution < -0.4 is 5.32 Å². The molecule has 1 rings (SSSR count). The number of nitrogens with one attached hydrogen (secondary N) is 1. The summed E-state index contributed by atoms with van der Waals surface area (Å²) in [5.41, 5.74) is 1.97. The summed E-state index contributed by atoms with van der Waals surface area (Å²) in [6, 6.07) is 7.50. The summed E-state index contributed by atoms with van der Waals surface area (Å²) >= 11 is 0. The van der Waals surface area contributed by atoms with Gasteiger partial charge in [-0.2, -0.15) is 5.26 Å². The van der Waals surface area contributed by atoms with Crippen molar-refractivity contribution in [2.45, 2.75) is 6.92 Å². The molecule has 1 aromatic carbocycles. The van der Waals surface area contributed by atoms with Crippen molar-refractivity contribution in [1.82, 2.24) is 4.90 Å². The Morgan fingerprint density at radius 3 is 2.75 bits per heavy atom. The number of rotatable bonds is 3. The molecule has 1 aromatic rings. The number of carbonyl (C=O) groups excluding carboxylic acids is 1. The normalized spacial score (nSPS) is 9.94. The first kappa shape index (κ1) is 12.2. The number of likely N-dealkylation sites (N-methyl/N-ethyl adjacent to an activating group) is 1. The zero-order valence-electron chi connectivity index (χ0n) is 9.74. The van der Waals surface area contributed by atoms with E-state index in [1.807, 2.05) is 33.2 Å². The SMILES string of the molecule is Cc1cccc(NC(=O)CN(C)C)c1C#N. The van der Waals surface area contributed by atoms with Gasteiger partial charge < -0.3 is 10.2 Å². The number of nitriles is 1. The van der Waals surface area contributed by atoms with E-state index in [1.165, 1.54) is 0 Å². The minimum absolute atomic E-state index is 0.118. The number of hydrogen-bond acceptors (Lipinski definition) is 3. The topological polar surface area (TPSA) is 56.1 Å². The highest BCUT2D eigenvalue weighted by Gasteiger charge is 2.08. The van der Waals surface area contributed by atoms with Crippen LogP contribution in [0.25, 0.3) is 0 Å². The second-order valence-corrected chi connectivity index (χ2v) is 3.90. The molecule has 1 amide bonds. The lowest BCUT2D eigenvalue weighted by Gasteiger charge is -2.11. The molecule has 0 aliphatic carbocycles. The highest BCUT2D eigenvalue weighted by Crippen LogP contribution is 2.17. The molecule has 0 saturated carbocycles. The van der Waals surface area contributed by atoms with E-state index in [-0.39, 0.29) is 5.91 Å². The van der Waals surface area contributed by atoms with E-state index in [2.05, 4.69) is 11.4 Å². The van der Waals surface area contributed by atoms with E-state index in [0.717, 1.165) is 5.56 Å². The van der Waals surface area contributed by atoms with Gasteiger partial charge in [-0.05, 0) is 32.6 Å². The van der Waals surface area contributed by atoms with Gasteiger partial charge in [-0.15, -0.1) is 0 Å². The molecule has 1 N–H and O–H groups in total. The Hall–Kier alpha value is -1.86. The minimum Gasteiger partial charge on any atom is -0.324 e. The number of amides is 1.